The molecule has 0 saturated carbocycles. The van der Waals surface area contributed by atoms with Gasteiger partial charge in [0.25, 0.3) is 0 Å². The van der Waals surface area contributed by atoms with Crippen LogP contribution in [0.25, 0.3) is 0 Å². The van der Waals surface area contributed by atoms with Gasteiger partial charge in [0, 0.05) is 141 Å². The van der Waals surface area contributed by atoms with Gasteiger partial charge < -0.3 is 56.8 Å². The molecule has 14 rings (SSSR count). The van der Waals surface area contributed by atoms with Crippen LogP contribution in [0.4, 0.5) is 0 Å². The summed E-state index contributed by atoms with van der Waals surface area (Å²) in [5.41, 5.74) is 20.5. The van der Waals surface area contributed by atoms with Crippen molar-refractivity contribution < 1.29 is 56.8 Å². The Kier molecular flexibility index (Phi) is 34.4. The van der Waals surface area contributed by atoms with Crippen molar-refractivity contribution in [2.24, 2.45) is 0 Å². The molecule has 0 radical (unpaired) electrons. The summed E-state index contributed by atoms with van der Waals surface area (Å²) in [6, 6.07) is 51.4. The highest BCUT2D eigenvalue weighted by molar-refractivity contribution is 5.68. The third-order valence-electron chi connectivity index (χ3n) is 21.8. The fraction of sp³-hybridized carbons (Fsp3) is 0.311. The van der Waals surface area contributed by atoms with Gasteiger partial charge in [-0.3, -0.25) is 0 Å². The molecule has 134 heavy (non-hydrogen) atoms. The van der Waals surface area contributed by atoms with Gasteiger partial charge >= 0.3 is 0 Å². The summed E-state index contributed by atoms with van der Waals surface area (Å²) in [6.07, 6.45) is 23.8. The summed E-state index contributed by atoms with van der Waals surface area (Å²) in [5.74, 6) is 77.6. The summed E-state index contributed by atoms with van der Waals surface area (Å²) in [5, 5.41) is 0. The molecular weight excluding hydrogens is 1660 g/mol. The monoisotopic (exact) mass is 1770 g/mol. The van der Waals surface area contributed by atoms with Crippen LogP contribution in [-0.2, 0) is 18.9 Å². The molecule has 4 aliphatic heterocycles. The Morgan fingerprint density at radius 3 is 0.590 bits per heavy atom. The molecule has 10 aromatic carbocycles. The molecule has 4 saturated heterocycles. The average Bonchev–Trinajstić information content (AvgIpc) is 0.822. The number of hydrogen-bond donors (Lipinski definition) is 0. The summed E-state index contributed by atoms with van der Waals surface area (Å²) in [6.45, 7) is 24.8. The lowest BCUT2D eigenvalue weighted by atomic mass is 10.0. The minimum Gasteiger partial charge on any atom is -0.492 e. The second-order valence-corrected chi connectivity index (χ2v) is 33.7. The molecule has 0 aliphatic carbocycles. The number of hydrogen-bond acceptors (Lipinski definition) is 12. The molecule has 4 heterocycles. The van der Waals surface area contributed by atoms with Crippen LogP contribution in [0.2, 0.25) is 0 Å². The maximum atomic E-state index is 6.72. The van der Waals surface area contributed by atoms with Gasteiger partial charge in [-0.2, -0.15) is 0 Å². The molecule has 4 fully saturated rings. The van der Waals surface area contributed by atoms with Crippen LogP contribution in [0, 0.1) is 185 Å². The lowest BCUT2D eigenvalue weighted by Crippen LogP contribution is -2.25. The number of rotatable bonds is 20. The van der Waals surface area contributed by atoms with Crippen molar-refractivity contribution in [1.29, 1.82) is 0 Å². The van der Waals surface area contributed by atoms with E-state index in [0.717, 1.165) is 203 Å². The highest BCUT2D eigenvalue weighted by atomic mass is 16.7. The second-order valence-electron chi connectivity index (χ2n) is 33.7. The van der Waals surface area contributed by atoms with Crippen LogP contribution in [0.1, 0.15) is 275 Å². The predicted molar refractivity (Wildman–Crippen MR) is 530 cm³/mol. The van der Waals surface area contributed by atoms with Crippen molar-refractivity contribution in [1.82, 2.24) is 0 Å². The molecule has 10 aromatic rings. The normalized spacial score (nSPS) is 15.0. The van der Waals surface area contributed by atoms with Crippen molar-refractivity contribution in [3.05, 3.63) is 302 Å². The smallest absolute Gasteiger partial charge is 0.199 e. The van der Waals surface area contributed by atoms with Crippen LogP contribution >= 0.6 is 0 Å². The Balaban J connectivity index is 0.712. The SMILES string of the molecule is C#Cc1cc(C)cc(C#Cc2cc(OCCC)c(C#Cc3cc(C)cc(C#Cc4cc(OC5CCCCO5)c(C#Cc5cc(C)cc(C#CC#Cc6cc(C)cc(C#Cc7cc(OCCC)c(C#Cc8cc(C)cc(C#Cc9cc(OC%10CCCCO%10)c(C#Cc%10cc(C)cc(C#C)c%10)cc9OCCC)c8)cc7OC7CCCCO7)c6)c5)cc4OCCC)c3)cc2OC2CCCCO2)c1. The number of aryl methyl sites for hydroxylation is 6. The van der Waals surface area contributed by atoms with Gasteiger partial charge in [0.15, 0.2) is 25.2 Å². The van der Waals surface area contributed by atoms with Crippen LogP contribution in [0.5, 0.6) is 46.0 Å². The Morgan fingerprint density at radius 2 is 0.403 bits per heavy atom. The molecular formula is C122H110O12. The maximum absolute atomic E-state index is 6.72. The zero-order valence-electron chi connectivity index (χ0n) is 78.3. The van der Waals surface area contributed by atoms with Crippen molar-refractivity contribution >= 4 is 0 Å². The Labute approximate surface area is 793 Å². The molecule has 4 atom stereocenters. The van der Waals surface area contributed by atoms with Crippen LogP contribution in [0.3, 0.4) is 0 Å². The van der Waals surface area contributed by atoms with E-state index < -0.39 is 25.2 Å². The number of benzene rings is 10. The maximum Gasteiger partial charge on any atom is 0.199 e. The standard InChI is InChI=1S/C122H110O12/c1-13-51-123-111-77-107(47-39-95-63-85(7)59-91(17-5)71-95)115(131-119-31-21-25-55-127-119)81-103(111)43-35-99-67-89(11)69-101(75-99)37-45-105-83-117(133-121-33-23-27-57-129-121)109(79-113(105)125-53-15-3)49-41-97-65-87(9)61-93(73-97)29-19-20-30-94-62-88(10)66-98(74-94)42-50-110-80-114(126-54-16-4)106(84-118(110)134-122-34-24-28-58-130-122)46-38-102-70-90(12)68-100(76-102)36-44-104-82-116(132-120-32-22-26-56-128-120)108(78-112(104)124-52-14-2)48-40-96-64-86(8)60-92(18-6)72-96/h5-6,59-84,119-122H,13-16,21-28,31-34,51-58H2,1-4,7-12H3. The molecule has 670 valence electrons. The first-order chi connectivity index (χ1) is 65.4. The van der Waals surface area contributed by atoms with Crippen molar-refractivity contribution in [2.45, 2.75) is 197 Å². The van der Waals surface area contributed by atoms with Crippen LogP contribution in [-0.4, -0.2) is 78.0 Å². The van der Waals surface area contributed by atoms with E-state index in [1.165, 1.54) is 0 Å². The van der Waals surface area contributed by atoms with Gasteiger partial charge in [-0.15, -0.1) is 12.8 Å². The van der Waals surface area contributed by atoms with E-state index in [-0.39, 0.29) is 0 Å². The fourth-order valence-corrected chi connectivity index (χ4v) is 15.4. The van der Waals surface area contributed by atoms with Gasteiger partial charge in [-0.05, 0) is 273 Å². The van der Waals surface area contributed by atoms with E-state index in [0.29, 0.717) is 143 Å². The van der Waals surface area contributed by atoms with Gasteiger partial charge in [-0.1, -0.05) is 146 Å². The lowest BCUT2D eigenvalue weighted by Gasteiger charge is -2.24. The largest absolute Gasteiger partial charge is 0.492 e. The molecule has 0 bridgehead atoms. The molecule has 12 nitrogen and oxygen atoms in total. The predicted octanol–water partition coefficient (Wildman–Crippen LogP) is 22.9. The first-order valence-corrected chi connectivity index (χ1v) is 46.6. The van der Waals surface area contributed by atoms with E-state index in [9.17, 15) is 0 Å². The molecule has 0 N–H and O–H groups in total. The number of ether oxygens (including phenoxy) is 12. The summed E-state index contributed by atoms with van der Waals surface area (Å²) < 4.78 is 76.9. The summed E-state index contributed by atoms with van der Waals surface area (Å²) in [4.78, 5) is 0. The Bertz CT molecular complexity index is 6380. The van der Waals surface area contributed by atoms with E-state index in [2.05, 4.69) is 158 Å². The summed E-state index contributed by atoms with van der Waals surface area (Å²) in [7, 11) is 0. The van der Waals surface area contributed by atoms with E-state index in [1.54, 1.807) is 0 Å². The van der Waals surface area contributed by atoms with Gasteiger partial charge in [0.05, 0.1) is 97.4 Å². The zero-order chi connectivity index (χ0) is 93.3. The van der Waals surface area contributed by atoms with Crippen LogP contribution in [0.15, 0.2) is 158 Å². The molecule has 0 spiro atoms. The van der Waals surface area contributed by atoms with Crippen molar-refractivity contribution in [3.63, 3.8) is 0 Å². The minimum absolute atomic E-state index is 0.418. The average molecular weight is 1770 g/mol. The van der Waals surface area contributed by atoms with Gasteiger partial charge in [0.1, 0.15) is 46.0 Å². The molecule has 4 aliphatic rings. The molecule has 0 aromatic heterocycles. The van der Waals surface area contributed by atoms with E-state index in [4.69, 9.17) is 69.7 Å². The third kappa shape index (κ3) is 28.3. The summed E-state index contributed by atoms with van der Waals surface area (Å²) >= 11 is 0. The fourth-order valence-electron chi connectivity index (χ4n) is 15.4. The third-order valence-corrected chi connectivity index (χ3v) is 21.8. The Hall–Kier alpha value is -14.8. The topological polar surface area (TPSA) is 111 Å². The van der Waals surface area contributed by atoms with E-state index >= 15 is 0 Å². The van der Waals surface area contributed by atoms with Crippen molar-refractivity contribution in [3.8, 4) is 189 Å². The zero-order valence-corrected chi connectivity index (χ0v) is 78.3. The number of terminal acetylenes is 2. The van der Waals surface area contributed by atoms with E-state index in [1.807, 2.05) is 199 Å². The van der Waals surface area contributed by atoms with Gasteiger partial charge in [-0.25, -0.2) is 0 Å². The highest BCUT2D eigenvalue weighted by Gasteiger charge is 2.25. The first kappa shape index (κ1) is 95.3. The quantitative estimate of drug-likeness (QED) is 0.0678. The van der Waals surface area contributed by atoms with Gasteiger partial charge in [0.2, 0.25) is 0 Å². The highest BCUT2D eigenvalue weighted by Crippen LogP contribution is 2.37. The van der Waals surface area contributed by atoms with Crippen LogP contribution < -0.4 is 37.9 Å². The second kappa shape index (κ2) is 48.3. The molecule has 0 amide bonds. The Morgan fingerprint density at radius 1 is 0.224 bits per heavy atom. The molecule has 4 unspecified atom stereocenters. The lowest BCUT2D eigenvalue weighted by molar-refractivity contribution is -0.106. The minimum atomic E-state index is -0.462. The van der Waals surface area contributed by atoms with Crippen molar-refractivity contribution in [2.75, 3.05) is 52.9 Å². The molecule has 12 heteroatoms. The first-order valence-electron chi connectivity index (χ1n) is 46.6.